The second-order valence-electron chi connectivity index (χ2n) is 6.51. The lowest BCUT2D eigenvalue weighted by atomic mass is 9.90. The summed E-state index contributed by atoms with van der Waals surface area (Å²) in [7, 11) is 1.77. The van der Waals surface area contributed by atoms with Gasteiger partial charge in [0, 0.05) is 38.2 Å². The molecule has 3 N–H and O–H groups in total. The van der Waals surface area contributed by atoms with Gasteiger partial charge in [-0.15, -0.1) is 0 Å². The van der Waals surface area contributed by atoms with Gasteiger partial charge in [0.2, 0.25) is 5.91 Å². The van der Waals surface area contributed by atoms with Gasteiger partial charge in [-0.25, -0.2) is 0 Å². The quantitative estimate of drug-likeness (QED) is 0.426. The zero-order valence-corrected chi connectivity index (χ0v) is 15.2. The van der Waals surface area contributed by atoms with E-state index in [0.29, 0.717) is 13.0 Å². The summed E-state index contributed by atoms with van der Waals surface area (Å²) >= 11 is 0. The van der Waals surface area contributed by atoms with Crippen LogP contribution >= 0.6 is 0 Å². The molecule has 136 valence electrons. The summed E-state index contributed by atoms with van der Waals surface area (Å²) < 4.78 is 0. The lowest BCUT2D eigenvalue weighted by Gasteiger charge is -2.26. The molecule has 2 aromatic rings. The number of hydrogen-bond donors (Lipinski definition) is 3. The number of carbonyl (C=O) groups excluding carboxylic acids is 1. The molecule has 0 saturated carbocycles. The highest BCUT2D eigenvalue weighted by Crippen LogP contribution is 2.31. The normalized spacial score (nSPS) is 16.6. The number of guanidine groups is 1. The molecule has 5 nitrogen and oxygen atoms in total. The van der Waals surface area contributed by atoms with Gasteiger partial charge in [-0.1, -0.05) is 48.5 Å². The lowest BCUT2D eigenvalue weighted by Crippen LogP contribution is -2.41. The van der Waals surface area contributed by atoms with Crippen LogP contribution in [0.2, 0.25) is 0 Å². The van der Waals surface area contributed by atoms with Crippen molar-refractivity contribution in [3.8, 4) is 0 Å². The van der Waals surface area contributed by atoms with E-state index in [2.05, 4.69) is 51.3 Å². The standard InChI is InChI=1S/C21H26N4O/c1-22-21(23-13-7-10-16-8-3-2-4-9-16)24-15-17-14-20(26)25-19-12-6-5-11-18(17)19/h2-6,8-9,11-12,17H,7,10,13-15H2,1H3,(H,25,26)(H2,22,23,24). The Bertz CT molecular complexity index is 758. The van der Waals surface area contributed by atoms with Crippen molar-refractivity contribution in [2.75, 3.05) is 25.5 Å². The van der Waals surface area contributed by atoms with Gasteiger partial charge in [-0.2, -0.15) is 0 Å². The molecule has 0 bridgehead atoms. The molecule has 1 heterocycles. The molecule has 0 fully saturated rings. The van der Waals surface area contributed by atoms with Crippen LogP contribution in [-0.4, -0.2) is 32.0 Å². The first-order valence-electron chi connectivity index (χ1n) is 9.13. The molecule has 0 aromatic heterocycles. The van der Waals surface area contributed by atoms with Crippen LogP contribution in [0.4, 0.5) is 5.69 Å². The van der Waals surface area contributed by atoms with E-state index in [1.807, 2.05) is 24.3 Å². The Morgan fingerprint density at radius 3 is 2.69 bits per heavy atom. The minimum atomic E-state index is 0.0707. The maximum atomic E-state index is 11.9. The molecule has 1 atom stereocenters. The highest BCUT2D eigenvalue weighted by molar-refractivity contribution is 5.94. The molecule has 0 aliphatic carbocycles. The van der Waals surface area contributed by atoms with E-state index in [-0.39, 0.29) is 11.8 Å². The van der Waals surface area contributed by atoms with E-state index in [0.717, 1.165) is 31.0 Å². The molecular weight excluding hydrogens is 324 g/mol. The van der Waals surface area contributed by atoms with Crippen molar-refractivity contribution >= 4 is 17.6 Å². The largest absolute Gasteiger partial charge is 0.356 e. The number of nitrogens with zero attached hydrogens (tertiary/aromatic N) is 1. The number of carbonyl (C=O) groups is 1. The minimum Gasteiger partial charge on any atom is -0.356 e. The van der Waals surface area contributed by atoms with E-state index in [1.165, 1.54) is 11.1 Å². The Morgan fingerprint density at radius 2 is 1.88 bits per heavy atom. The van der Waals surface area contributed by atoms with Crippen molar-refractivity contribution in [3.05, 3.63) is 65.7 Å². The monoisotopic (exact) mass is 350 g/mol. The van der Waals surface area contributed by atoms with Gasteiger partial charge in [0.15, 0.2) is 5.96 Å². The Morgan fingerprint density at radius 1 is 1.12 bits per heavy atom. The predicted octanol–water partition coefficient (Wildman–Crippen LogP) is 2.91. The minimum absolute atomic E-state index is 0.0707. The number of amides is 1. The van der Waals surface area contributed by atoms with Gasteiger partial charge in [0.25, 0.3) is 0 Å². The highest BCUT2D eigenvalue weighted by Gasteiger charge is 2.24. The van der Waals surface area contributed by atoms with Gasteiger partial charge in [0.05, 0.1) is 0 Å². The van der Waals surface area contributed by atoms with Crippen LogP contribution in [-0.2, 0) is 11.2 Å². The molecule has 26 heavy (non-hydrogen) atoms. The van der Waals surface area contributed by atoms with Crippen molar-refractivity contribution in [2.45, 2.75) is 25.2 Å². The molecule has 0 radical (unpaired) electrons. The third-order valence-corrected chi connectivity index (χ3v) is 4.62. The first kappa shape index (κ1) is 18.0. The van der Waals surface area contributed by atoms with Crippen LogP contribution in [0.1, 0.15) is 29.9 Å². The van der Waals surface area contributed by atoms with Crippen LogP contribution in [0.25, 0.3) is 0 Å². The topological polar surface area (TPSA) is 65.5 Å². The average molecular weight is 350 g/mol. The fraction of sp³-hybridized carbons (Fsp3) is 0.333. The van der Waals surface area contributed by atoms with Gasteiger partial charge < -0.3 is 16.0 Å². The van der Waals surface area contributed by atoms with Crippen molar-refractivity contribution in [1.82, 2.24) is 10.6 Å². The molecule has 0 saturated heterocycles. The van der Waals surface area contributed by atoms with Crippen LogP contribution in [0.15, 0.2) is 59.6 Å². The number of rotatable bonds is 6. The maximum absolute atomic E-state index is 11.9. The third-order valence-electron chi connectivity index (χ3n) is 4.62. The van der Waals surface area contributed by atoms with Crippen molar-refractivity contribution in [2.24, 2.45) is 4.99 Å². The Labute approximate surface area is 154 Å². The first-order chi connectivity index (χ1) is 12.8. The molecule has 1 unspecified atom stereocenters. The van der Waals surface area contributed by atoms with E-state index >= 15 is 0 Å². The predicted molar refractivity (Wildman–Crippen MR) is 107 cm³/mol. The molecule has 3 rings (SSSR count). The van der Waals surface area contributed by atoms with Crippen LogP contribution < -0.4 is 16.0 Å². The molecule has 0 spiro atoms. The van der Waals surface area contributed by atoms with Gasteiger partial charge >= 0.3 is 0 Å². The maximum Gasteiger partial charge on any atom is 0.225 e. The summed E-state index contributed by atoms with van der Waals surface area (Å²) in [5.74, 6) is 1.01. The second-order valence-corrected chi connectivity index (χ2v) is 6.51. The smallest absolute Gasteiger partial charge is 0.225 e. The first-order valence-corrected chi connectivity index (χ1v) is 9.13. The van der Waals surface area contributed by atoms with Gasteiger partial charge in [-0.05, 0) is 30.0 Å². The zero-order valence-electron chi connectivity index (χ0n) is 15.2. The zero-order chi connectivity index (χ0) is 18.2. The Kier molecular flexibility index (Phi) is 6.25. The summed E-state index contributed by atoms with van der Waals surface area (Å²) in [4.78, 5) is 16.2. The molecule has 5 heteroatoms. The van der Waals surface area contributed by atoms with E-state index < -0.39 is 0 Å². The fourth-order valence-corrected chi connectivity index (χ4v) is 3.27. The Balaban J connectivity index is 1.46. The summed E-state index contributed by atoms with van der Waals surface area (Å²) in [5, 5.41) is 9.65. The number of benzene rings is 2. The highest BCUT2D eigenvalue weighted by atomic mass is 16.1. The van der Waals surface area contributed by atoms with E-state index in [1.54, 1.807) is 7.05 Å². The van der Waals surface area contributed by atoms with Crippen molar-refractivity contribution in [3.63, 3.8) is 0 Å². The molecule has 1 aliphatic rings. The Hall–Kier alpha value is -2.82. The number of fused-ring (bicyclic) bond motifs is 1. The van der Waals surface area contributed by atoms with Crippen molar-refractivity contribution < 1.29 is 4.79 Å². The number of anilines is 1. The number of para-hydroxylation sites is 1. The molecule has 1 amide bonds. The number of aliphatic imine (C=N–C) groups is 1. The van der Waals surface area contributed by atoms with Crippen LogP contribution in [0.3, 0.4) is 0 Å². The van der Waals surface area contributed by atoms with E-state index in [9.17, 15) is 4.79 Å². The summed E-state index contributed by atoms with van der Waals surface area (Å²) in [6.07, 6.45) is 2.58. The van der Waals surface area contributed by atoms with Crippen molar-refractivity contribution in [1.29, 1.82) is 0 Å². The van der Waals surface area contributed by atoms with Crippen LogP contribution in [0, 0.1) is 0 Å². The molecular formula is C21H26N4O. The number of hydrogen-bond acceptors (Lipinski definition) is 2. The summed E-state index contributed by atoms with van der Waals surface area (Å²) in [5.41, 5.74) is 3.45. The lowest BCUT2D eigenvalue weighted by molar-refractivity contribution is -0.116. The van der Waals surface area contributed by atoms with Gasteiger partial charge in [-0.3, -0.25) is 9.79 Å². The molecule has 1 aliphatic heterocycles. The summed E-state index contributed by atoms with van der Waals surface area (Å²) in [6.45, 7) is 1.54. The third kappa shape index (κ3) is 4.85. The number of aryl methyl sites for hydroxylation is 1. The SMILES string of the molecule is CN=C(NCCCc1ccccc1)NCC1CC(=O)Nc2ccccc21. The summed E-state index contributed by atoms with van der Waals surface area (Å²) in [6, 6.07) is 18.5. The van der Waals surface area contributed by atoms with Crippen LogP contribution in [0.5, 0.6) is 0 Å². The average Bonchev–Trinajstić information content (AvgIpc) is 2.68. The second kappa shape index (κ2) is 9.04. The molecule has 2 aromatic carbocycles. The fourth-order valence-electron chi connectivity index (χ4n) is 3.27. The number of nitrogens with one attached hydrogen (secondary N) is 3. The van der Waals surface area contributed by atoms with E-state index in [4.69, 9.17) is 0 Å². The van der Waals surface area contributed by atoms with Gasteiger partial charge in [0.1, 0.15) is 0 Å².